The maximum Gasteiger partial charge on any atom is 0.305 e. The van der Waals surface area contributed by atoms with E-state index in [1.807, 2.05) is 25.1 Å². The molecular formula is C18H19NO3S. The van der Waals surface area contributed by atoms with E-state index >= 15 is 0 Å². The van der Waals surface area contributed by atoms with Gasteiger partial charge in [-0.05, 0) is 42.5 Å². The van der Waals surface area contributed by atoms with Crippen LogP contribution in [0.4, 0.5) is 0 Å². The molecule has 23 heavy (non-hydrogen) atoms. The van der Waals surface area contributed by atoms with Crippen LogP contribution in [0.25, 0.3) is 10.4 Å². The number of hydrogen-bond acceptors (Lipinski definition) is 3. The van der Waals surface area contributed by atoms with E-state index in [1.54, 1.807) is 4.90 Å². The Hall–Kier alpha value is -2.14. The first kappa shape index (κ1) is 15.7. The summed E-state index contributed by atoms with van der Waals surface area (Å²) in [7, 11) is 0. The molecule has 5 heteroatoms. The minimum atomic E-state index is -0.879. The van der Waals surface area contributed by atoms with Crippen LogP contribution >= 0.6 is 11.3 Å². The Morgan fingerprint density at radius 1 is 1.22 bits per heavy atom. The largest absolute Gasteiger partial charge is 0.481 e. The van der Waals surface area contributed by atoms with Gasteiger partial charge in [-0.3, -0.25) is 9.59 Å². The molecule has 0 saturated carbocycles. The molecule has 1 heterocycles. The van der Waals surface area contributed by atoms with Crippen molar-refractivity contribution in [3.8, 4) is 10.4 Å². The highest BCUT2D eigenvalue weighted by Crippen LogP contribution is 2.39. The van der Waals surface area contributed by atoms with E-state index in [0.717, 1.165) is 12.8 Å². The number of nitrogens with zero attached hydrogens (tertiary/aromatic N) is 1. The zero-order valence-electron chi connectivity index (χ0n) is 13.0. The first-order valence-electron chi connectivity index (χ1n) is 7.82. The smallest absolute Gasteiger partial charge is 0.305 e. The van der Waals surface area contributed by atoms with E-state index in [-0.39, 0.29) is 18.9 Å². The number of aliphatic carboxylic acids is 1. The molecule has 0 spiro atoms. The molecule has 4 nitrogen and oxygen atoms in total. The number of carboxylic acids is 1. The summed E-state index contributed by atoms with van der Waals surface area (Å²) < 4.78 is 0. The fourth-order valence-electron chi connectivity index (χ4n) is 2.97. The van der Waals surface area contributed by atoms with Gasteiger partial charge in [0.2, 0.25) is 0 Å². The van der Waals surface area contributed by atoms with Gasteiger partial charge >= 0.3 is 5.97 Å². The van der Waals surface area contributed by atoms with Gasteiger partial charge in [0.05, 0.1) is 11.3 Å². The zero-order chi connectivity index (χ0) is 16.4. The Kier molecular flexibility index (Phi) is 4.48. The van der Waals surface area contributed by atoms with Crippen LogP contribution in [0.1, 0.15) is 34.1 Å². The molecule has 0 saturated heterocycles. The van der Waals surface area contributed by atoms with Crippen LogP contribution in [0, 0.1) is 0 Å². The fraction of sp³-hybridized carbons (Fsp3) is 0.333. The van der Waals surface area contributed by atoms with Crippen molar-refractivity contribution in [2.45, 2.75) is 26.2 Å². The number of fused-ring (bicyclic) bond motifs is 3. The van der Waals surface area contributed by atoms with Crippen molar-refractivity contribution in [1.82, 2.24) is 4.90 Å². The number of thiophene rings is 1. The molecule has 2 aromatic rings. The number of aryl methyl sites for hydroxylation is 2. The van der Waals surface area contributed by atoms with Crippen LogP contribution in [0.15, 0.2) is 30.3 Å². The minimum absolute atomic E-state index is 0.0203. The molecule has 1 aliphatic carbocycles. The second-order valence-electron chi connectivity index (χ2n) is 5.65. The highest BCUT2D eigenvalue weighted by molar-refractivity contribution is 7.17. The lowest BCUT2D eigenvalue weighted by Crippen LogP contribution is -2.32. The Morgan fingerprint density at radius 2 is 1.96 bits per heavy atom. The minimum Gasteiger partial charge on any atom is -0.481 e. The molecule has 0 atom stereocenters. The molecule has 120 valence electrons. The predicted octanol–water partition coefficient (Wildman–Crippen LogP) is 3.45. The quantitative estimate of drug-likeness (QED) is 0.914. The highest BCUT2D eigenvalue weighted by atomic mass is 32.1. The van der Waals surface area contributed by atoms with Crippen molar-refractivity contribution < 1.29 is 14.7 Å². The van der Waals surface area contributed by atoms with E-state index in [1.165, 1.54) is 32.9 Å². The standard InChI is InChI=1S/C18H19NO3S/c1-2-19(10-9-16(20)21)18(22)15-11-13-8-7-12-5-3-4-6-14(12)17(13)23-15/h3-6,11H,2,7-10H2,1H3,(H,20,21). The Morgan fingerprint density at radius 3 is 2.70 bits per heavy atom. The van der Waals surface area contributed by atoms with Gasteiger partial charge in [0.25, 0.3) is 5.91 Å². The van der Waals surface area contributed by atoms with Gasteiger partial charge in [0.15, 0.2) is 0 Å². The van der Waals surface area contributed by atoms with E-state index < -0.39 is 5.97 Å². The van der Waals surface area contributed by atoms with Gasteiger partial charge in [-0.2, -0.15) is 0 Å². The van der Waals surface area contributed by atoms with Gasteiger partial charge in [0, 0.05) is 18.0 Å². The summed E-state index contributed by atoms with van der Waals surface area (Å²) in [6.07, 6.45) is 1.94. The summed E-state index contributed by atoms with van der Waals surface area (Å²) in [5.41, 5.74) is 3.79. The van der Waals surface area contributed by atoms with E-state index in [2.05, 4.69) is 12.1 Å². The maximum atomic E-state index is 12.7. The molecule has 0 bridgehead atoms. The van der Waals surface area contributed by atoms with Crippen LogP contribution in [-0.2, 0) is 17.6 Å². The first-order chi connectivity index (χ1) is 11.1. The van der Waals surface area contributed by atoms with Crippen molar-refractivity contribution >= 4 is 23.2 Å². The van der Waals surface area contributed by atoms with E-state index in [0.29, 0.717) is 11.4 Å². The zero-order valence-corrected chi connectivity index (χ0v) is 13.9. The highest BCUT2D eigenvalue weighted by Gasteiger charge is 2.23. The lowest BCUT2D eigenvalue weighted by molar-refractivity contribution is -0.137. The molecule has 0 aliphatic heterocycles. The van der Waals surface area contributed by atoms with Crippen LogP contribution < -0.4 is 0 Å². The van der Waals surface area contributed by atoms with Gasteiger partial charge in [-0.15, -0.1) is 11.3 Å². The number of benzene rings is 1. The van der Waals surface area contributed by atoms with Crippen LogP contribution in [0.5, 0.6) is 0 Å². The Labute approximate surface area is 139 Å². The molecule has 1 aromatic carbocycles. The number of carbonyl (C=O) groups excluding carboxylic acids is 1. The molecule has 1 aromatic heterocycles. The second kappa shape index (κ2) is 6.54. The normalized spacial score (nSPS) is 12.4. The number of amides is 1. The van der Waals surface area contributed by atoms with Gasteiger partial charge in [-0.25, -0.2) is 0 Å². The number of carbonyl (C=O) groups is 2. The third kappa shape index (κ3) is 3.15. The molecule has 0 radical (unpaired) electrons. The number of carboxylic acid groups (broad SMARTS) is 1. The van der Waals surface area contributed by atoms with Crippen molar-refractivity contribution in [2.24, 2.45) is 0 Å². The SMILES string of the molecule is CCN(CCC(=O)O)C(=O)c1cc2c(s1)-c1ccccc1CC2. The van der Waals surface area contributed by atoms with Crippen molar-refractivity contribution in [1.29, 1.82) is 0 Å². The topological polar surface area (TPSA) is 57.6 Å². The lowest BCUT2D eigenvalue weighted by Gasteiger charge is -2.18. The fourth-order valence-corrected chi connectivity index (χ4v) is 4.21. The molecule has 1 amide bonds. The third-order valence-corrected chi connectivity index (χ3v) is 5.41. The average Bonchev–Trinajstić information content (AvgIpc) is 2.99. The van der Waals surface area contributed by atoms with Crippen molar-refractivity contribution in [3.05, 3.63) is 46.3 Å². The summed E-state index contributed by atoms with van der Waals surface area (Å²) >= 11 is 1.53. The van der Waals surface area contributed by atoms with Crippen molar-refractivity contribution in [2.75, 3.05) is 13.1 Å². The van der Waals surface area contributed by atoms with Crippen molar-refractivity contribution in [3.63, 3.8) is 0 Å². The summed E-state index contributed by atoms with van der Waals surface area (Å²) in [6.45, 7) is 2.65. The molecular weight excluding hydrogens is 310 g/mol. The monoisotopic (exact) mass is 329 g/mol. The Balaban J connectivity index is 1.87. The second-order valence-corrected chi connectivity index (χ2v) is 6.70. The van der Waals surface area contributed by atoms with E-state index in [9.17, 15) is 9.59 Å². The van der Waals surface area contributed by atoms with Gasteiger partial charge in [0.1, 0.15) is 0 Å². The molecule has 1 aliphatic rings. The summed E-state index contributed by atoms with van der Waals surface area (Å²) in [5, 5.41) is 8.82. The third-order valence-electron chi connectivity index (χ3n) is 4.21. The number of hydrogen-bond donors (Lipinski definition) is 1. The van der Waals surface area contributed by atoms with E-state index in [4.69, 9.17) is 5.11 Å². The predicted molar refractivity (Wildman–Crippen MR) is 91.0 cm³/mol. The molecule has 0 unspecified atom stereocenters. The van der Waals surface area contributed by atoms with Crippen LogP contribution in [-0.4, -0.2) is 35.0 Å². The summed E-state index contributed by atoms with van der Waals surface area (Å²) in [6, 6.07) is 10.3. The Bertz CT molecular complexity index is 750. The van der Waals surface area contributed by atoms with Gasteiger partial charge in [-0.1, -0.05) is 24.3 Å². The van der Waals surface area contributed by atoms with Gasteiger partial charge < -0.3 is 10.0 Å². The molecule has 3 rings (SSSR count). The number of rotatable bonds is 5. The van der Waals surface area contributed by atoms with Crippen LogP contribution in [0.3, 0.4) is 0 Å². The maximum absolute atomic E-state index is 12.7. The molecule has 1 N–H and O–H groups in total. The molecule has 0 fully saturated rings. The summed E-state index contributed by atoms with van der Waals surface area (Å²) in [5.74, 6) is -0.943. The first-order valence-corrected chi connectivity index (χ1v) is 8.64. The summed E-state index contributed by atoms with van der Waals surface area (Å²) in [4.78, 5) is 26.9. The lowest BCUT2D eigenvalue weighted by atomic mass is 9.91. The average molecular weight is 329 g/mol. The van der Waals surface area contributed by atoms with Crippen LogP contribution in [0.2, 0.25) is 0 Å².